The second-order valence-electron chi connectivity index (χ2n) is 4.33. The Hall–Kier alpha value is -2.17. The standard InChI is InChI=1S/C14H18N4O/c1-3-9-18(4-2)13(19)12-10-7-5-6-8-11(10)16-14(15)17-12/h5-8H,3-4,9H2,1-2H3,(H2,15,16,17). The fourth-order valence-corrected chi connectivity index (χ4v) is 2.08. The number of anilines is 1. The molecule has 0 saturated heterocycles. The van der Waals surface area contributed by atoms with Crippen LogP contribution < -0.4 is 5.73 Å². The Bertz CT molecular complexity index is 597. The van der Waals surface area contributed by atoms with Crippen molar-refractivity contribution in [3.05, 3.63) is 30.0 Å². The molecule has 0 aliphatic rings. The van der Waals surface area contributed by atoms with Gasteiger partial charge in [-0.3, -0.25) is 4.79 Å². The Kier molecular flexibility index (Phi) is 3.94. The highest BCUT2D eigenvalue weighted by Crippen LogP contribution is 2.18. The van der Waals surface area contributed by atoms with Gasteiger partial charge in [-0.15, -0.1) is 0 Å². The van der Waals surface area contributed by atoms with Crippen LogP contribution in [-0.4, -0.2) is 33.9 Å². The van der Waals surface area contributed by atoms with E-state index in [9.17, 15) is 4.79 Å². The maximum Gasteiger partial charge on any atom is 0.273 e. The zero-order chi connectivity index (χ0) is 13.8. The number of para-hydroxylation sites is 1. The molecule has 0 atom stereocenters. The molecule has 0 spiro atoms. The number of aromatic nitrogens is 2. The van der Waals surface area contributed by atoms with Gasteiger partial charge in [-0.05, 0) is 19.4 Å². The summed E-state index contributed by atoms with van der Waals surface area (Å²) < 4.78 is 0. The van der Waals surface area contributed by atoms with Crippen molar-refractivity contribution >= 4 is 22.8 Å². The topological polar surface area (TPSA) is 72.1 Å². The number of carbonyl (C=O) groups is 1. The molecule has 2 N–H and O–H groups in total. The Labute approximate surface area is 112 Å². The normalized spacial score (nSPS) is 10.6. The van der Waals surface area contributed by atoms with E-state index in [1.165, 1.54) is 0 Å². The third kappa shape index (κ3) is 2.65. The Balaban J connectivity index is 2.52. The van der Waals surface area contributed by atoms with Crippen molar-refractivity contribution in [2.75, 3.05) is 18.8 Å². The minimum atomic E-state index is -0.0883. The zero-order valence-corrected chi connectivity index (χ0v) is 11.3. The lowest BCUT2D eigenvalue weighted by atomic mass is 10.1. The summed E-state index contributed by atoms with van der Waals surface area (Å²) in [5.74, 6) is 0.0456. The molecule has 0 aliphatic carbocycles. The van der Waals surface area contributed by atoms with E-state index in [-0.39, 0.29) is 11.9 Å². The van der Waals surface area contributed by atoms with Crippen molar-refractivity contribution in [2.45, 2.75) is 20.3 Å². The van der Waals surface area contributed by atoms with Gasteiger partial charge < -0.3 is 10.6 Å². The second kappa shape index (κ2) is 5.65. The highest BCUT2D eigenvalue weighted by atomic mass is 16.2. The molecule has 1 heterocycles. The number of fused-ring (bicyclic) bond motifs is 1. The average Bonchev–Trinajstić information content (AvgIpc) is 2.43. The van der Waals surface area contributed by atoms with Gasteiger partial charge in [0.05, 0.1) is 5.52 Å². The molecule has 100 valence electrons. The van der Waals surface area contributed by atoms with E-state index in [1.807, 2.05) is 38.1 Å². The fraction of sp³-hybridized carbons (Fsp3) is 0.357. The van der Waals surface area contributed by atoms with E-state index in [2.05, 4.69) is 9.97 Å². The van der Waals surface area contributed by atoms with Gasteiger partial charge in [-0.2, -0.15) is 0 Å². The van der Waals surface area contributed by atoms with Crippen molar-refractivity contribution < 1.29 is 4.79 Å². The summed E-state index contributed by atoms with van der Waals surface area (Å²) in [5, 5.41) is 0.747. The van der Waals surface area contributed by atoms with Gasteiger partial charge >= 0.3 is 0 Å². The van der Waals surface area contributed by atoms with Crippen LogP contribution in [0.4, 0.5) is 5.95 Å². The smallest absolute Gasteiger partial charge is 0.273 e. The summed E-state index contributed by atoms with van der Waals surface area (Å²) in [5.41, 5.74) is 6.77. The highest BCUT2D eigenvalue weighted by Gasteiger charge is 2.18. The van der Waals surface area contributed by atoms with Crippen LogP contribution >= 0.6 is 0 Å². The molecule has 0 fully saturated rings. The third-order valence-corrected chi connectivity index (χ3v) is 2.99. The summed E-state index contributed by atoms with van der Waals surface area (Å²) in [6, 6.07) is 7.42. The minimum Gasteiger partial charge on any atom is -0.368 e. The molecule has 0 bridgehead atoms. The maximum atomic E-state index is 12.5. The molecule has 1 aromatic heterocycles. The van der Waals surface area contributed by atoms with Gasteiger partial charge in [-0.1, -0.05) is 25.1 Å². The highest BCUT2D eigenvalue weighted by molar-refractivity contribution is 6.04. The van der Waals surface area contributed by atoms with E-state index >= 15 is 0 Å². The first-order valence-corrected chi connectivity index (χ1v) is 6.48. The van der Waals surface area contributed by atoms with E-state index in [0.717, 1.165) is 11.8 Å². The van der Waals surface area contributed by atoms with Gasteiger partial charge in [0.25, 0.3) is 5.91 Å². The van der Waals surface area contributed by atoms with Crippen LogP contribution in [0.1, 0.15) is 30.8 Å². The van der Waals surface area contributed by atoms with Gasteiger partial charge in [0.1, 0.15) is 5.69 Å². The first-order chi connectivity index (χ1) is 9.17. The van der Waals surface area contributed by atoms with Crippen LogP contribution in [-0.2, 0) is 0 Å². The fourth-order valence-electron chi connectivity index (χ4n) is 2.08. The molecular weight excluding hydrogens is 240 g/mol. The summed E-state index contributed by atoms with van der Waals surface area (Å²) in [6.45, 7) is 5.38. The van der Waals surface area contributed by atoms with Gasteiger partial charge in [0, 0.05) is 18.5 Å². The molecular formula is C14H18N4O. The summed E-state index contributed by atoms with van der Waals surface area (Å²) >= 11 is 0. The predicted molar refractivity (Wildman–Crippen MR) is 75.8 cm³/mol. The minimum absolute atomic E-state index is 0.0883. The molecule has 1 amide bonds. The van der Waals surface area contributed by atoms with Gasteiger partial charge in [0.15, 0.2) is 0 Å². The third-order valence-electron chi connectivity index (χ3n) is 2.99. The van der Waals surface area contributed by atoms with Crippen LogP contribution in [0.25, 0.3) is 10.9 Å². The summed E-state index contributed by atoms with van der Waals surface area (Å²) in [7, 11) is 0. The maximum absolute atomic E-state index is 12.5. The van der Waals surface area contributed by atoms with Crippen molar-refractivity contribution in [1.29, 1.82) is 0 Å². The average molecular weight is 258 g/mol. The number of benzene rings is 1. The van der Waals surface area contributed by atoms with Crippen LogP contribution in [0.2, 0.25) is 0 Å². The molecule has 0 radical (unpaired) electrons. The van der Waals surface area contributed by atoms with Crippen LogP contribution in [0, 0.1) is 0 Å². The lowest BCUT2D eigenvalue weighted by Gasteiger charge is -2.20. The number of amides is 1. The van der Waals surface area contributed by atoms with Crippen LogP contribution in [0.15, 0.2) is 24.3 Å². The van der Waals surface area contributed by atoms with E-state index < -0.39 is 0 Å². The van der Waals surface area contributed by atoms with Crippen molar-refractivity contribution in [3.63, 3.8) is 0 Å². The monoisotopic (exact) mass is 258 g/mol. The van der Waals surface area contributed by atoms with E-state index in [0.29, 0.717) is 24.3 Å². The Morgan fingerprint density at radius 2 is 2.00 bits per heavy atom. The number of hydrogen-bond acceptors (Lipinski definition) is 4. The quantitative estimate of drug-likeness (QED) is 0.911. The Morgan fingerprint density at radius 3 is 2.68 bits per heavy atom. The number of nitrogens with zero attached hydrogens (tertiary/aromatic N) is 3. The first-order valence-electron chi connectivity index (χ1n) is 6.48. The molecule has 0 unspecified atom stereocenters. The van der Waals surface area contributed by atoms with Crippen LogP contribution in [0.3, 0.4) is 0 Å². The number of nitrogens with two attached hydrogens (primary N) is 1. The van der Waals surface area contributed by atoms with Gasteiger partial charge in [0.2, 0.25) is 5.95 Å². The number of carbonyl (C=O) groups excluding carboxylic acids is 1. The van der Waals surface area contributed by atoms with Crippen LogP contribution in [0.5, 0.6) is 0 Å². The second-order valence-corrected chi connectivity index (χ2v) is 4.33. The van der Waals surface area contributed by atoms with Crippen molar-refractivity contribution in [2.24, 2.45) is 0 Å². The molecule has 2 aromatic rings. The molecule has 1 aromatic carbocycles. The number of hydrogen-bond donors (Lipinski definition) is 1. The summed E-state index contributed by atoms with van der Waals surface area (Å²) in [6.07, 6.45) is 0.915. The van der Waals surface area contributed by atoms with E-state index in [1.54, 1.807) is 4.90 Å². The zero-order valence-electron chi connectivity index (χ0n) is 11.3. The van der Waals surface area contributed by atoms with Crippen molar-refractivity contribution in [1.82, 2.24) is 14.9 Å². The molecule has 5 heteroatoms. The molecule has 19 heavy (non-hydrogen) atoms. The SMILES string of the molecule is CCCN(CC)C(=O)c1nc(N)nc2ccccc12. The van der Waals surface area contributed by atoms with E-state index in [4.69, 9.17) is 5.73 Å². The number of nitrogen functional groups attached to an aromatic ring is 1. The summed E-state index contributed by atoms with van der Waals surface area (Å²) in [4.78, 5) is 22.6. The predicted octanol–water partition coefficient (Wildman–Crippen LogP) is 2.08. The lowest BCUT2D eigenvalue weighted by Crippen LogP contribution is -2.32. The number of rotatable bonds is 4. The molecule has 2 rings (SSSR count). The largest absolute Gasteiger partial charge is 0.368 e. The molecule has 0 saturated carbocycles. The Morgan fingerprint density at radius 1 is 1.26 bits per heavy atom. The first kappa shape index (κ1) is 13.3. The van der Waals surface area contributed by atoms with Gasteiger partial charge in [-0.25, -0.2) is 9.97 Å². The van der Waals surface area contributed by atoms with Crippen molar-refractivity contribution in [3.8, 4) is 0 Å². The molecule has 0 aliphatic heterocycles. The lowest BCUT2D eigenvalue weighted by molar-refractivity contribution is 0.0761. The molecule has 5 nitrogen and oxygen atoms in total.